The van der Waals surface area contributed by atoms with Gasteiger partial charge in [0.2, 0.25) is 0 Å². The van der Waals surface area contributed by atoms with E-state index in [2.05, 4.69) is 0 Å². The van der Waals surface area contributed by atoms with Crippen LogP contribution in [-0.4, -0.2) is 16.0 Å². The van der Waals surface area contributed by atoms with Crippen molar-refractivity contribution in [1.29, 1.82) is 0 Å². The van der Waals surface area contributed by atoms with Gasteiger partial charge in [-0.25, -0.2) is 0 Å². The van der Waals surface area contributed by atoms with Crippen LogP contribution in [0, 0.1) is 5.92 Å². The Bertz CT molecular complexity index is 238. The molecule has 1 fully saturated rings. The lowest BCUT2D eigenvalue weighted by Crippen LogP contribution is -2.34. The number of Topliss-reactive ketones (excluding diaryl/α,β-unsaturated/α-hetero) is 1. The predicted octanol–water partition coefficient (Wildman–Crippen LogP) is 3.78. The summed E-state index contributed by atoms with van der Waals surface area (Å²) in [4.78, 5) is 11.0. The molecule has 88 valence electrons. The van der Waals surface area contributed by atoms with Gasteiger partial charge in [-0.2, -0.15) is 13.2 Å². The van der Waals surface area contributed by atoms with Crippen LogP contribution in [0.3, 0.4) is 0 Å². The van der Waals surface area contributed by atoms with E-state index in [4.69, 9.17) is 0 Å². The van der Waals surface area contributed by atoms with E-state index in [0.29, 0.717) is 25.7 Å². The van der Waals surface area contributed by atoms with Crippen LogP contribution >= 0.6 is 11.8 Å². The number of alkyl halides is 3. The van der Waals surface area contributed by atoms with E-state index in [1.165, 1.54) is 0 Å². The van der Waals surface area contributed by atoms with E-state index in [1.54, 1.807) is 13.8 Å². The minimum atomic E-state index is -4.19. The molecule has 0 aliphatic heterocycles. The second-order valence-corrected chi connectivity index (χ2v) is 6.18. The van der Waals surface area contributed by atoms with Crippen molar-refractivity contribution in [3.8, 4) is 0 Å². The van der Waals surface area contributed by atoms with Gasteiger partial charge in [0, 0.05) is 17.6 Å². The van der Waals surface area contributed by atoms with Crippen molar-refractivity contribution in [2.45, 2.75) is 49.8 Å². The third-order valence-corrected chi connectivity index (χ3v) is 4.00. The summed E-state index contributed by atoms with van der Waals surface area (Å²) in [5.74, 6) is 0.167. The summed E-state index contributed by atoms with van der Waals surface area (Å²) in [6.07, 6.45) is 2.06. The standard InChI is InChI=1S/C10H15F3OS/c1-9(2,15-10(11,12)13)7-3-5-8(14)6-4-7/h7H,3-6H2,1-2H3. The van der Waals surface area contributed by atoms with Crippen LogP contribution < -0.4 is 0 Å². The molecule has 0 aromatic rings. The zero-order chi connectivity index (χ0) is 11.7. The summed E-state index contributed by atoms with van der Waals surface area (Å²) in [7, 11) is 0. The van der Waals surface area contributed by atoms with Gasteiger partial charge in [-0.3, -0.25) is 4.79 Å². The molecule has 0 unspecified atom stereocenters. The SMILES string of the molecule is CC(C)(SC(F)(F)F)C1CCC(=O)CC1. The fourth-order valence-electron chi connectivity index (χ4n) is 2.02. The first-order valence-electron chi connectivity index (χ1n) is 4.99. The lowest BCUT2D eigenvalue weighted by Gasteiger charge is -2.36. The van der Waals surface area contributed by atoms with Gasteiger partial charge in [0.1, 0.15) is 5.78 Å². The molecule has 1 rings (SSSR count). The van der Waals surface area contributed by atoms with Crippen LogP contribution in [-0.2, 0) is 4.79 Å². The average molecular weight is 240 g/mol. The molecule has 5 heteroatoms. The first kappa shape index (κ1) is 12.9. The van der Waals surface area contributed by atoms with E-state index >= 15 is 0 Å². The van der Waals surface area contributed by atoms with E-state index in [9.17, 15) is 18.0 Å². The van der Waals surface area contributed by atoms with Crippen LogP contribution in [0.4, 0.5) is 13.2 Å². The lowest BCUT2D eigenvalue weighted by atomic mass is 9.80. The Balaban J connectivity index is 2.57. The molecule has 1 aliphatic rings. The van der Waals surface area contributed by atoms with E-state index in [1.807, 2.05) is 0 Å². The number of halogens is 3. The Hall–Kier alpha value is -0.190. The first-order valence-corrected chi connectivity index (χ1v) is 5.81. The number of hydrogen-bond donors (Lipinski definition) is 0. The molecule has 1 nitrogen and oxygen atoms in total. The summed E-state index contributed by atoms with van der Waals surface area (Å²) in [5.41, 5.74) is -4.19. The number of hydrogen-bond acceptors (Lipinski definition) is 2. The topological polar surface area (TPSA) is 17.1 Å². The van der Waals surface area contributed by atoms with Gasteiger partial charge < -0.3 is 0 Å². The quantitative estimate of drug-likeness (QED) is 0.730. The molecule has 0 aromatic carbocycles. The number of rotatable bonds is 2. The molecule has 0 N–H and O–H groups in total. The molecule has 0 aromatic heterocycles. The summed E-state index contributed by atoms with van der Waals surface area (Å²) in [6.45, 7) is 3.23. The zero-order valence-electron chi connectivity index (χ0n) is 8.86. The lowest BCUT2D eigenvalue weighted by molar-refractivity contribution is -0.121. The van der Waals surface area contributed by atoms with Crippen LogP contribution in [0.25, 0.3) is 0 Å². The average Bonchev–Trinajstić information content (AvgIpc) is 2.00. The highest BCUT2D eigenvalue weighted by Crippen LogP contribution is 2.47. The summed E-state index contributed by atoms with van der Waals surface area (Å²) >= 11 is 0.0555. The van der Waals surface area contributed by atoms with Crippen molar-refractivity contribution >= 4 is 17.5 Å². The zero-order valence-corrected chi connectivity index (χ0v) is 9.67. The Labute approximate surface area is 91.8 Å². The largest absolute Gasteiger partial charge is 0.442 e. The molecular weight excluding hydrogens is 225 g/mol. The van der Waals surface area contributed by atoms with E-state index in [0.717, 1.165) is 0 Å². The molecule has 0 amide bonds. The summed E-state index contributed by atoms with van der Waals surface area (Å²) in [6, 6.07) is 0. The number of carbonyl (C=O) groups is 1. The predicted molar refractivity (Wildman–Crippen MR) is 54.7 cm³/mol. The second-order valence-electron chi connectivity index (χ2n) is 4.46. The maximum atomic E-state index is 12.3. The van der Waals surface area contributed by atoms with Crippen LogP contribution in [0.15, 0.2) is 0 Å². The van der Waals surface area contributed by atoms with Crippen molar-refractivity contribution in [2.24, 2.45) is 5.92 Å². The molecule has 0 saturated heterocycles. The highest BCUT2D eigenvalue weighted by Gasteiger charge is 2.42. The molecule has 0 radical (unpaired) electrons. The molecule has 0 bridgehead atoms. The van der Waals surface area contributed by atoms with Crippen molar-refractivity contribution in [3.63, 3.8) is 0 Å². The van der Waals surface area contributed by atoms with Crippen molar-refractivity contribution in [2.75, 3.05) is 0 Å². The van der Waals surface area contributed by atoms with Gasteiger partial charge >= 0.3 is 5.51 Å². The minimum Gasteiger partial charge on any atom is -0.300 e. The monoisotopic (exact) mass is 240 g/mol. The fourth-order valence-corrected chi connectivity index (χ4v) is 3.02. The number of thioether (sulfide) groups is 1. The van der Waals surface area contributed by atoms with Crippen molar-refractivity contribution in [3.05, 3.63) is 0 Å². The first-order chi connectivity index (χ1) is 6.71. The highest BCUT2D eigenvalue weighted by molar-refractivity contribution is 8.01. The van der Waals surface area contributed by atoms with Crippen LogP contribution in [0.5, 0.6) is 0 Å². The third kappa shape index (κ3) is 4.05. The molecule has 0 atom stereocenters. The van der Waals surface area contributed by atoms with Gasteiger partial charge in [0.25, 0.3) is 0 Å². The Morgan fingerprint density at radius 1 is 1.20 bits per heavy atom. The summed E-state index contributed by atoms with van der Waals surface area (Å²) in [5, 5.41) is 0. The molecule has 0 heterocycles. The van der Waals surface area contributed by atoms with Gasteiger partial charge in [0.15, 0.2) is 0 Å². The second kappa shape index (κ2) is 4.36. The van der Waals surface area contributed by atoms with Gasteiger partial charge in [0.05, 0.1) is 0 Å². The van der Waals surface area contributed by atoms with Gasteiger partial charge in [-0.05, 0) is 30.5 Å². The van der Waals surface area contributed by atoms with Crippen LogP contribution in [0.1, 0.15) is 39.5 Å². The molecular formula is C10H15F3OS. The minimum absolute atomic E-state index is 0.0122. The van der Waals surface area contributed by atoms with Gasteiger partial charge in [-0.1, -0.05) is 13.8 Å². The number of carbonyl (C=O) groups excluding carboxylic acids is 1. The van der Waals surface area contributed by atoms with Crippen molar-refractivity contribution in [1.82, 2.24) is 0 Å². The number of ketones is 1. The Morgan fingerprint density at radius 3 is 2.07 bits per heavy atom. The molecule has 15 heavy (non-hydrogen) atoms. The maximum Gasteiger partial charge on any atom is 0.442 e. The van der Waals surface area contributed by atoms with Crippen LogP contribution in [0.2, 0.25) is 0 Å². The molecule has 1 saturated carbocycles. The molecule has 0 spiro atoms. The highest BCUT2D eigenvalue weighted by atomic mass is 32.2. The van der Waals surface area contributed by atoms with Crippen molar-refractivity contribution < 1.29 is 18.0 Å². The normalized spacial score (nSPS) is 20.7. The third-order valence-electron chi connectivity index (χ3n) is 2.91. The van der Waals surface area contributed by atoms with E-state index in [-0.39, 0.29) is 23.5 Å². The molecule has 1 aliphatic carbocycles. The van der Waals surface area contributed by atoms with E-state index < -0.39 is 10.3 Å². The Kier molecular flexibility index (Phi) is 3.74. The van der Waals surface area contributed by atoms with Gasteiger partial charge in [-0.15, -0.1) is 0 Å². The smallest absolute Gasteiger partial charge is 0.300 e. The summed E-state index contributed by atoms with van der Waals surface area (Å²) < 4.78 is 36.0. The fraction of sp³-hybridized carbons (Fsp3) is 0.900. The Morgan fingerprint density at radius 2 is 1.67 bits per heavy atom. The maximum absolute atomic E-state index is 12.3.